The van der Waals surface area contributed by atoms with Crippen LogP contribution in [0.1, 0.15) is 48.2 Å². The van der Waals surface area contributed by atoms with Gasteiger partial charge < -0.3 is 13.8 Å². The third-order valence-electron chi connectivity index (χ3n) is 5.56. The Morgan fingerprint density at radius 3 is 2.59 bits per heavy atom. The van der Waals surface area contributed by atoms with Crippen LogP contribution >= 0.6 is 11.8 Å². The summed E-state index contributed by atoms with van der Waals surface area (Å²) in [4.78, 5) is 4.61. The molecule has 5 rings (SSSR count). The molecule has 1 aliphatic carbocycles. The number of benzene rings is 2. The minimum absolute atomic E-state index is 0.0154. The van der Waals surface area contributed by atoms with Crippen molar-refractivity contribution >= 4 is 11.8 Å². The van der Waals surface area contributed by atoms with E-state index in [9.17, 15) is 0 Å². The SMILES string of the molecule is COc1ccc(-c2nnc(SC(C)c3nc(C4CC4)no3)n2CCc2ccccc2)cc1. The van der Waals surface area contributed by atoms with E-state index in [2.05, 4.69) is 56.1 Å². The smallest absolute Gasteiger partial charge is 0.239 e. The lowest BCUT2D eigenvalue weighted by molar-refractivity contribution is 0.374. The number of aromatic nitrogens is 5. The number of hydrogen-bond acceptors (Lipinski definition) is 7. The first-order valence-electron chi connectivity index (χ1n) is 10.8. The quantitative estimate of drug-likeness (QED) is 0.322. The Morgan fingerprint density at radius 2 is 1.88 bits per heavy atom. The Kier molecular flexibility index (Phi) is 5.94. The molecule has 0 aliphatic heterocycles. The van der Waals surface area contributed by atoms with Crippen molar-refractivity contribution in [1.82, 2.24) is 24.9 Å². The lowest BCUT2D eigenvalue weighted by atomic mass is 10.1. The predicted octanol–water partition coefficient (Wildman–Crippen LogP) is 5.31. The highest BCUT2D eigenvalue weighted by Crippen LogP contribution is 2.40. The molecule has 32 heavy (non-hydrogen) atoms. The summed E-state index contributed by atoms with van der Waals surface area (Å²) in [5.74, 6) is 3.59. The van der Waals surface area contributed by atoms with E-state index in [1.165, 1.54) is 5.56 Å². The van der Waals surface area contributed by atoms with Gasteiger partial charge in [-0.1, -0.05) is 47.3 Å². The predicted molar refractivity (Wildman–Crippen MR) is 123 cm³/mol. The topological polar surface area (TPSA) is 78.9 Å². The first kappa shape index (κ1) is 20.8. The van der Waals surface area contributed by atoms with Crippen molar-refractivity contribution < 1.29 is 9.26 Å². The maximum absolute atomic E-state index is 5.53. The lowest BCUT2D eigenvalue weighted by Gasteiger charge is -2.12. The zero-order chi connectivity index (χ0) is 21.9. The summed E-state index contributed by atoms with van der Waals surface area (Å²) in [6.45, 7) is 2.84. The Morgan fingerprint density at radius 1 is 1.09 bits per heavy atom. The van der Waals surface area contributed by atoms with E-state index in [0.29, 0.717) is 11.8 Å². The average Bonchev–Trinajstić information content (AvgIpc) is 3.43. The van der Waals surface area contributed by atoms with Gasteiger partial charge in [-0.05, 0) is 56.0 Å². The van der Waals surface area contributed by atoms with Crippen molar-refractivity contribution in [1.29, 1.82) is 0 Å². The van der Waals surface area contributed by atoms with Crippen LogP contribution in [0.4, 0.5) is 0 Å². The molecule has 0 N–H and O–H groups in total. The van der Waals surface area contributed by atoms with Crippen LogP contribution in [-0.4, -0.2) is 32.0 Å². The zero-order valence-corrected chi connectivity index (χ0v) is 19.0. The molecule has 0 spiro atoms. The molecule has 0 amide bonds. The Bertz CT molecular complexity index is 1170. The largest absolute Gasteiger partial charge is 0.497 e. The molecule has 1 unspecified atom stereocenters. The van der Waals surface area contributed by atoms with Gasteiger partial charge in [-0.2, -0.15) is 4.98 Å². The minimum Gasteiger partial charge on any atom is -0.497 e. The van der Waals surface area contributed by atoms with Gasteiger partial charge in [-0.3, -0.25) is 0 Å². The Hall–Kier alpha value is -3.13. The number of thioether (sulfide) groups is 1. The number of nitrogens with zero attached hydrogens (tertiary/aromatic N) is 5. The van der Waals surface area contributed by atoms with E-state index < -0.39 is 0 Å². The number of methoxy groups -OCH3 is 1. The average molecular weight is 448 g/mol. The van der Waals surface area contributed by atoms with Crippen LogP contribution < -0.4 is 4.74 Å². The Balaban J connectivity index is 1.41. The molecule has 0 saturated heterocycles. The fourth-order valence-corrected chi connectivity index (χ4v) is 4.45. The second-order valence-electron chi connectivity index (χ2n) is 7.95. The molecule has 1 saturated carbocycles. The van der Waals surface area contributed by atoms with Gasteiger partial charge in [0.25, 0.3) is 0 Å². The standard InChI is InChI=1S/C24H25N5O2S/c1-16(23-25-21(28-31-23)18-8-9-18)32-24-27-26-22(19-10-12-20(30-2)13-11-19)29(24)15-14-17-6-4-3-5-7-17/h3-7,10-13,16,18H,8-9,14-15H2,1-2H3. The van der Waals surface area contributed by atoms with Crippen LogP contribution in [0.25, 0.3) is 11.4 Å². The monoisotopic (exact) mass is 447 g/mol. The van der Waals surface area contributed by atoms with Gasteiger partial charge >= 0.3 is 0 Å². The fourth-order valence-electron chi connectivity index (χ4n) is 3.54. The van der Waals surface area contributed by atoms with Gasteiger partial charge in [-0.25, -0.2) is 0 Å². The van der Waals surface area contributed by atoms with Crippen molar-refractivity contribution in [3.05, 3.63) is 71.9 Å². The molecular weight excluding hydrogens is 422 g/mol. The number of aryl methyl sites for hydroxylation is 1. The molecule has 4 aromatic rings. The maximum Gasteiger partial charge on any atom is 0.239 e. The number of hydrogen-bond donors (Lipinski definition) is 0. The van der Waals surface area contributed by atoms with Crippen molar-refractivity contribution in [2.75, 3.05) is 7.11 Å². The fraction of sp³-hybridized carbons (Fsp3) is 0.333. The summed E-state index contributed by atoms with van der Waals surface area (Å²) in [5, 5.41) is 14.0. The molecule has 2 aromatic carbocycles. The van der Waals surface area contributed by atoms with Gasteiger partial charge in [0, 0.05) is 18.0 Å². The van der Waals surface area contributed by atoms with Crippen molar-refractivity contribution in [2.24, 2.45) is 0 Å². The molecule has 2 heterocycles. The van der Waals surface area contributed by atoms with Crippen LogP contribution in [0, 0.1) is 0 Å². The summed E-state index contributed by atoms with van der Waals surface area (Å²) >= 11 is 1.60. The minimum atomic E-state index is -0.0154. The van der Waals surface area contributed by atoms with Crippen LogP contribution in [0.15, 0.2) is 64.3 Å². The first-order chi connectivity index (χ1) is 15.7. The van der Waals surface area contributed by atoms with Gasteiger partial charge in [0.05, 0.1) is 12.4 Å². The summed E-state index contributed by atoms with van der Waals surface area (Å²) in [5.41, 5.74) is 2.27. The molecule has 0 radical (unpaired) electrons. The zero-order valence-electron chi connectivity index (χ0n) is 18.1. The second kappa shape index (κ2) is 9.16. The molecule has 1 atom stereocenters. The van der Waals surface area contributed by atoms with Gasteiger partial charge in [0.2, 0.25) is 5.89 Å². The van der Waals surface area contributed by atoms with Crippen LogP contribution in [0.2, 0.25) is 0 Å². The van der Waals surface area contributed by atoms with Crippen molar-refractivity contribution in [3.8, 4) is 17.1 Å². The molecule has 7 nitrogen and oxygen atoms in total. The summed E-state index contributed by atoms with van der Waals surface area (Å²) in [6, 6.07) is 18.4. The van der Waals surface area contributed by atoms with E-state index in [4.69, 9.17) is 9.26 Å². The lowest BCUT2D eigenvalue weighted by Crippen LogP contribution is -2.06. The molecule has 164 valence electrons. The van der Waals surface area contributed by atoms with Crippen LogP contribution in [-0.2, 0) is 13.0 Å². The summed E-state index contributed by atoms with van der Waals surface area (Å²) in [7, 11) is 1.67. The van der Waals surface area contributed by atoms with E-state index >= 15 is 0 Å². The van der Waals surface area contributed by atoms with E-state index in [-0.39, 0.29) is 5.25 Å². The third-order valence-corrected chi connectivity index (χ3v) is 6.63. The highest BCUT2D eigenvalue weighted by atomic mass is 32.2. The molecule has 1 aliphatic rings. The second-order valence-corrected chi connectivity index (χ2v) is 9.26. The molecular formula is C24H25N5O2S. The number of ether oxygens (including phenoxy) is 1. The molecule has 8 heteroatoms. The van der Waals surface area contributed by atoms with E-state index in [0.717, 1.165) is 53.9 Å². The van der Waals surface area contributed by atoms with Crippen molar-refractivity contribution in [2.45, 2.75) is 49.1 Å². The van der Waals surface area contributed by atoms with Crippen LogP contribution in [0.5, 0.6) is 5.75 Å². The normalized spacial score (nSPS) is 14.4. The molecule has 2 aromatic heterocycles. The number of rotatable bonds is 9. The van der Waals surface area contributed by atoms with E-state index in [1.807, 2.05) is 30.3 Å². The molecule has 1 fully saturated rings. The highest BCUT2D eigenvalue weighted by Gasteiger charge is 2.30. The summed E-state index contributed by atoms with van der Waals surface area (Å²) in [6.07, 6.45) is 3.19. The van der Waals surface area contributed by atoms with Gasteiger partial charge in [-0.15, -0.1) is 10.2 Å². The van der Waals surface area contributed by atoms with Gasteiger partial charge in [0.15, 0.2) is 16.8 Å². The molecule has 0 bridgehead atoms. The van der Waals surface area contributed by atoms with Crippen LogP contribution in [0.3, 0.4) is 0 Å². The maximum atomic E-state index is 5.53. The highest BCUT2D eigenvalue weighted by molar-refractivity contribution is 7.99. The van der Waals surface area contributed by atoms with Gasteiger partial charge in [0.1, 0.15) is 5.75 Å². The van der Waals surface area contributed by atoms with Crippen molar-refractivity contribution in [3.63, 3.8) is 0 Å². The Labute approximate surface area is 191 Å². The third kappa shape index (κ3) is 4.55. The first-order valence-corrected chi connectivity index (χ1v) is 11.7. The summed E-state index contributed by atoms with van der Waals surface area (Å²) < 4.78 is 13.0. The van der Waals surface area contributed by atoms with E-state index in [1.54, 1.807) is 18.9 Å².